The van der Waals surface area contributed by atoms with Gasteiger partial charge in [0.2, 0.25) is 5.95 Å². The smallest absolute Gasteiger partial charge is 0.251 e. The zero-order valence-electron chi connectivity index (χ0n) is 16.4. The number of rotatable bonds is 6. The molecule has 4 aromatic rings. The van der Waals surface area contributed by atoms with Gasteiger partial charge in [-0.1, -0.05) is 17.7 Å². The van der Waals surface area contributed by atoms with Crippen molar-refractivity contribution in [1.82, 2.24) is 24.3 Å². The number of aliphatic hydroxyl groups excluding tert-OH is 1. The average molecular weight is 441 g/mol. The number of aromatic nitrogens is 5. The molecule has 0 bridgehead atoms. The summed E-state index contributed by atoms with van der Waals surface area (Å²) >= 11 is 5.85. The van der Waals surface area contributed by atoms with Crippen molar-refractivity contribution in [3.8, 4) is 11.3 Å². The van der Waals surface area contributed by atoms with Crippen molar-refractivity contribution in [3.05, 3.63) is 87.8 Å². The summed E-state index contributed by atoms with van der Waals surface area (Å²) in [5, 5.41) is 16.9. The van der Waals surface area contributed by atoms with Gasteiger partial charge in [-0.2, -0.15) is 5.10 Å². The Labute approximate surface area is 181 Å². The van der Waals surface area contributed by atoms with Gasteiger partial charge in [0, 0.05) is 37.1 Å². The highest BCUT2D eigenvalue weighted by atomic mass is 35.5. The zero-order valence-corrected chi connectivity index (χ0v) is 17.2. The predicted molar refractivity (Wildman–Crippen MR) is 115 cm³/mol. The minimum Gasteiger partial charge on any atom is -0.394 e. The second-order valence-electron chi connectivity index (χ2n) is 6.76. The van der Waals surface area contributed by atoms with E-state index in [2.05, 4.69) is 20.4 Å². The van der Waals surface area contributed by atoms with Crippen LogP contribution >= 0.6 is 11.6 Å². The van der Waals surface area contributed by atoms with Crippen LogP contribution in [0.2, 0.25) is 5.02 Å². The minimum absolute atomic E-state index is 0.0740. The van der Waals surface area contributed by atoms with Crippen LogP contribution in [0.25, 0.3) is 11.3 Å². The van der Waals surface area contributed by atoms with Crippen LogP contribution in [0.3, 0.4) is 0 Å². The molecular formula is C21H18ClFN6O2. The summed E-state index contributed by atoms with van der Waals surface area (Å²) in [5.41, 5.74) is 1.31. The molecule has 0 spiro atoms. The molecule has 0 saturated carbocycles. The third-order valence-corrected chi connectivity index (χ3v) is 5.09. The van der Waals surface area contributed by atoms with Gasteiger partial charge in [0.05, 0.1) is 29.6 Å². The van der Waals surface area contributed by atoms with E-state index in [9.17, 15) is 14.3 Å². The van der Waals surface area contributed by atoms with Crippen LogP contribution in [-0.4, -0.2) is 36.0 Å². The van der Waals surface area contributed by atoms with Gasteiger partial charge in [-0.15, -0.1) is 0 Å². The summed E-state index contributed by atoms with van der Waals surface area (Å²) in [6, 6.07) is 10.0. The molecule has 0 radical (unpaired) electrons. The SMILES string of the molecule is Cn1nccc1Nc1nccc(-c2ccn(C(CO)c3ccc(F)c(Cl)c3)c(=O)c2)n1. The predicted octanol–water partition coefficient (Wildman–Crippen LogP) is 3.16. The molecule has 0 aliphatic rings. The van der Waals surface area contributed by atoms with Crippen LogP contribution < -0.4 is 10.9 Å². The van der Waals surface area contributed by atoms with Crippen molar-refractivity contribution in [1.29, 1.82) is 0 Å². The van der Waals surface area contributed by atoms with Gasteiger partial charge in [-0.25, -0.2) is 14.4 Å². The maximum absolute atomic E-state index is 13.5. The third-order valence-electron chi connectivity index (χ3n) is 4.80. The monoisotopic (exact) mass is 440 g/mol. The van der Waals surface area contributed by atoms with E-state index in [0.717, 1.165) is 5.82 Å². The lowest BCUT2D eigenvalue weighted by atomic mass is 10.1. The Morgan fingerprint density at radius 1 is 1.19 bits per heavy atom. The average Bonchev–Trinajstić information content (AvgIpc) is 3.16. The summed E-state index contributed by atoms with van der Waals surface area (Å²) in [5.74, 6) is 0.514. The fraction of sp³-hybridized carbons (Fsp3) is 0.143. The van der Waals surface area contributed by atoms with E-state index in [1.165, 1.54) is 28.8 Å². The number of hydrogen-bond acceptors (Lipinski definition) is 6. The van der Waals surface area contributed by atoms with Crippen LogP contribution in [-0.2, 0) is 7.05 Å². The molecule has 0 aliphatic heterocycles. The highest BCUT2D eigenvalue weighted by Gasteiger charge is 2.16. The van der Waals surface area contributed by atoms with Crippen LogP contribution in [0.1, 0.15) is 11.6 Å². The number of hydrogen-bond donors (Lipinski definition) is 2. The fourth-order valence-corrected chi connectivity index (χ4v) is 3.36. The normalized spacial score (nSPS) is 12.0. The first kappa shape index (κ1) is 20.7. The number of aryl methyl sites for hydroxylation is 1. The van der Waals surface area contributed by atoms with Crippen LogP contribution in [0.15, 0.2) is 65.8 Å². The number of nitrogens with zero attached hydrogens (tertiary/aromatic N) is 5. The lowest BCUT2D eigenvalue weighted by Gasteiger charge is -2.18. The number of nitrogens with one attached hydrogen (secondary N) is 1. The van der Waals surface area contributed by atoms with Gasteiger partial charge < -0.3 is 15.0 Å². The Bertz CT molecular complexity index is 1290. The van der Waals surface area contributed by atoms with Gasteiger partial charge in [-0.05, 0) is 29.8 Å². The van der Waals surface area contributed by atoms with Crippen LogP contribution in [0.5, 0.6) is 0 Å². The molecule has 0 saturated heterocycles. The van der Waals surface area contributed by atoms with Gasteiger partial charge in [0.25, 0.3) is 5.56 Å². The number of anilines is 2. The second kappa shape index (κ2) is 8.66. The van der Waals surface area contributed by atoms with Crippen molar-refractivity contribution in [2.75, 3.05) is 11.9 Å². The molecular weight excluding hydrogens is 423 g/mol. The Hall–Kier alpha value is -3.56. The lowest BCUT2D eigenvalue weighted by Crippen LogP contribution is -2.26. The molecule has 158 valence electrons. The Morgan fingerprint density at radius 3 is 2.71 bits per heavy atom. The van der Waals surface area contributed by atoms with Crippen molar-refractivity contribution in [2.45, 2.75) is 6.04 Å². The Morgan fingerprint density at radius 2 is 2.03 bits per heavy atom. The Kier molecular flexibility index (Phi) is 5.79. The molecule has 1 unspecified atom stereocenters. The van der Waals surface area contributed by atoms with E-state index in [0.29, 0.717) is 22.8 Å². The lowest BCUT2D eigenvalue weighted by molar-refractivity contribution is 0.247. The molecule has 3 aromatic heterocycles. The summed E-state index contributed by atoms with van der Waals surface area (Å²) in [7, 11) is 1.79. The number of benzene rings is 1. The summed E-state index contributed by atoms with van der Waals surface area (Å²) in [6.45, 7) is -0.354. The number of pyridine rings is 1. The highest BCUT2D eigenvalue weighted by Crippen LogP contribution is 2.24. The molecule has 3 heterocycles. The van der Waals surface area contributed by atoms with Gasteiger partial charge >= 0.3 is 0 Å². The molecule has 2 N–H and O–H groups in total. The largest absolute Gasteiger partial charge is 0.394 e. The molecule has 0 aliphatic carbocycles. The quantitative estimate of drug-likeness (QED) is 0.478. The number of aliphatic hydroxyl groups is 1. The van der Waals surface area contributed by atoms with E-state index in [-0.39, 0.29) is 17.2 Å². The third kappa shape index (κ3) is 4.32. The van der Waals surface area contributed by atoms with Gasteiger partial charge in [0.15, 0.2) is 0 Å². The first-order valence-corrected chi connectivity index (χ1v) is 9.70. The van der Waals surface area contributed by atoms with Gasteiger partial charge in [0.1, 0.15) is 11.6 Å². The molecule has 1 aromatic carbocycles. The molecule has 10 heteroatoms. The summed E-state index contributed by atoms with van der Waals surface area (Å²) in [4.78, 5) is 21.4. The van der Waals surface area contributed by atoms with E-state index in [1.54, 1.807) is 48.5 Å². The van der Waals surface area contributed by atoms with Crippen molar-refractivity contribution in [2.24, 2.45) is 7.05 Å². The Balaban J connectivity index is 1.64. The van der Waals surface area contributed by atoms with Crippen molar-refractivity contribution < 1.29 is 9.50 Å². The molecule has 4 rings (SSSR count). The maximum atomic E-state index is 13.5. The van der Waals surface area contributed by atoms with Crippen LogP contribution in [0, 0.1) is 5.82 Å². The van der Waals surface area contributed by atoms with Crippen LogP contribution in [0.4, 0.5) is 16.2 Å². The second-order valence-corrected chi connectivity index (χ2v) is 7.17. The molecule has 1 atom stereocenters. The summed E-state index contributed by atoms with van der Waals surface area (Å²) in [6.07, 6.45) is 4.80. The van der Waals surface area contributed by atoms with Crippen molar-refractivity contribution in [3.63, 3.8) is 0 Å². The van der Waals surface area contributed by atoms with E-state index < -0.39 is 11.9 Å². The first-order valence-electron chi connectivity index (χ1n) is 9.32. The van der Waals surface area contributed by atoms with Crippen molar-refractivity contribution >= 4 is 23.4 Å². The zero-order chi connectivity index (χ0) is 22.0. The highest BCUT2D eigenvalue weighted by molar-refractivity contribution is 6.30. The number of halogens is 2. The molecule has 0 fully saturated rings. The van der Waals surface area contributed by atoms with E-state index in [4.69, 9.17) is 11.6 Å². The molecule has 31 heavy (non-hydrogen) atoms. The van der Waals surface area contributed by atoms with Gasteiger partial charge in [-0.3, -0.25) is 9.48 Å². The molecule has 8 nitrogen and oxygen atoms in total. The topological polar surface area (TPSA) is 97.9 Å². The first-order chi connectivity index (χ1) is 15.0. The van der Waals surface area contributed by atoms with E-state index in [1.807, 2.05) is 0 Å². The minimum atomic E-state index is -0.702. The summed E-state index contributed by atoms with van der Waals surface area (Å²) < 4.78 is 16.5. The molecule has 0 amide bonds. The fourth-order valence-electron chi connectivity index (χ4n) is 3.17. The van der Waals surface area contributed by atoms with E-state index >= 15 is 0 Å². The maximum Gasteiger partial charge on any atom is 0.251 e. The standard InChI is InChI=1S/C21H18ClFN6O2/c1-28-19(5-8-25-28)27-21-24-7-4-17(26-21)13-6-9-29(20(31)11-13)18(12-30)14-2-3-16(23)15(22)10-14/h2-11,18,30H,12H2,1H3,(H,24,26,27).